The van der Waals surface area contributed by atoms with Crippen LogP contribution in [0.2, 0.25) is 0 Å². The summed E-state index contributed by atoms with van der Waals surface area (Å²) in [6, 6.07) is 13.7. The van der Waals surface area contributed by atoms with Gasteiger partial charge in [0.15, 0.2) is 0 Å². The first-order chi connectivity index (χ1) is 9.16. The number of fused-ring (bicyclic) bond motifs is 2. The average molecular weight is 253 g/mol. The number of hydrogen-bond donors (Lipinski definition) is 1. The minimum atomic E-state index is -0.141. The second-order valence-corrected chi connectivity index (χ2v) is 4.77. The average Bonchev–Trinajstić information content (AvgIpc) is 2.39. The molecular weight excluding hydrogens is 238 g/mol. The van der Waals surface area contributed by atoms with Gasteiger partial charge in [0, 0.05) is 18.1 Å². The third-order valence-electron chi connectivity index (χ3n) is 3.34. The number of ether oxygens (including phenoxy) is 1. The van der Waals surface area contributed by atoms with Gasteiger partial charge in [0.25, 0.3) is 0 Å². The zero-order valence-corrected chi connectivity index (χ0v) is 10.9. The molecule has 1 amide bonds. The van der Waals surface area contributed by atoms with Gasteiger partial charge in [-0.15, -0.1) is 0 Å². The van der Waals surface area contributed by atoms with Gasteiger partial charge in [-0.3, -0.25) is 4.79 Å². The summed E-state index contributed by atoms with van der Waals surface area (Å²) in [5.41, 5.74) is 3.08. The van der Waals surface area contributed by atoms with Gasteiger partial charge >= 0.3 is 0 Å². The Bertz CT molecular complexity index is 649. The van der Waals surface area contributed by atoms with Crippen LogP contribution >= 0.6 is 0 Å². The van der Waals surface area contributed by atoms with E-state index in [4.69, 9.17) is 4.74 Å². The lowest BCUT2D eigenvalue weighted by molar-refractivity contribution is -0.119. The molecule has 0 aromatic heterocycles. The Kier molecular flexibility index (Phi) is 2.75. The van der Waals surface area contributed by atoms with E-state index < -0.39 is 0 Å². The zero-order chi connectivity index (χ0) is 13.4. The predicted molar refractivity (Wildman–Crippen MR) is 73.4 cm³/mol. The van der Waals surface area contributed by atoms with Gasteiger partial charge in [0.1, 0.15) is 11.5 Å². The van der Waals surface area contributed by atoms with E-state index in [0.29, 0.717) is 0 Å². The van der Waals surface area contributed by atoms with E-state index in [1.165, 1.54) is 6.92 Å². The molecule has 0 aliphatic carbocycles. The highest BCUT2D eigenvalue weighted by Gasteiger charge is 2.28. The van der Waals surface area contributed by atoms with Gasteiger partial charge in [-0.25, -0.2) is 0 Å². The fourth-order valence-corrected chi connectivity index (χ4v) is 2.49. The number of hydrogen-bond acceptors (Lipinski definition) is 2. The topological polar surface area (TPSA) is 38.3 Å². The van der Waals surface area contributed by atoms with E-state index in [9.17, 15) is 4.79 Å². The molecular formula is C16H15NO2. The zero-order valence-electron chi connectivity index (χ0n) is 10.9. The molecule has 3 rings (SSSR count). The van der Waals surface area contributed by atoms with E-state index in [1.54, 1.807) is 0 Å². The second-order valence-electron chi connectivity index (χ2n) is 4.77. The number of rotatable bonds is 1. The van der Waals surface area contributed by atoms with Gasteiger partial charge < -0.3 is 10.1 Å². The summed E-state index contributed by atoms with van der Waals surface area (Å²) in [5, 5.41) is 3.00. The number of benzene rings is 2. The van der Waals surface area contributed by atoms with Crippen molar-refractivity contribution >= 4 is 5.91 Å². The van der Waals surface area contributed by atoms with Crippen LogP contribution < -0.4 is 10.1 Å². The molecule has 96 valence electrons. The van der Waals surface area contributed by atoms with Gasteiger partial charge in [-0.05, 0) is 18.6 Å². The van der Waals surface area contributed by atoms with Crippen molar-refractivity contribution in [3.63, 3.8) is 0 Å². The van der Waals surface area contributed by atoms with Crippen molar-refractivity contribution in [2.75, 3.05) is 0 Å². The van der Waals surface area contributed by atoms with Gasteiger partial charge in [-0.1, -0.05) is 36.4 Å². The monoisotopic (exact) mass is 253 g/mol. The minimum Gasteiger partial charge on any atom is -0.456 e. The van der Waals surface area contributed by atoms with Crippen molar-refractivity contribution in [1.29, 1.82) is 0 Å². The smallest absolute Gasteiger partial charge is 0.217 e. The Morgan fingerprint density at radius 2 is 1.84 bits per heavy atom. The SMILES string of the molecule is CC(=O)NC1c2ccccc2Oc2c(C)cccc21. The highest BCUT2D eigenvalue weighted by molar-refractivity contribution is 5.75. The summed E-state index contributed by atoms with van der Waals surface area (Å²) in [7, 11) is 0. The number of carbonyl (C=O) groups is 1. The summed E-state index contributed by atoms with van der Waals surface area (Å²) in [4.78, 5) is 11.5. The van der Waals surface area contributed by atoms with Crippen molar-refractivity contribution in [2.24, 2.45) is 0 Å². The maximum Gasteiger partial charge on any atom is 0.217 e. The molecule has 2 aromatic rings. The van der Waals surface area contributed by atoms with E-state index >= 15 is 0 Å². The highest BCUT2D eigenvalue weighted by atomic mass is 16.5. The van der Waals surface area contributed by atoms with Crippen molar-refractivity contribution in [2.45, 2.75) is 19.9 Å². The third kappa shape index (κ3) is 1.97. The Labute approximate surface area is 112 Å². The van der Waals surface area contributed by atoms with Crippen molar-refractivity contribution in [1.82, 2.24) is 5.32 Å². The van der Waals surface area contributed by atoms with E-state index in [2.05, 4.69) is 5.32 Å². The quantitative estimate of drug-likeness (QED) is 0.846. The molecule has 1 aliphatic rings. The summed E-state index contributed by atoms with van der Waals surface area (Å²) >= 11 is 0. The molecule has 1 atom stereocenters. The maximum absolute atomic E-state index is 11.5. The molecule has 3 nitrogen and oxygen atoms in total. The largest absolute Gasteiger partial charge is 0.456 e. The van der Waals surface area contributed by atoms with Crippen LogP contribution in [0.15, 0.2) is 42.5 Å². The number of para-hydroxylation sites is 2. The molecule has 0 spiro atoms. The van der Waals surface area contributed by atoms with Gasteiger partial charge in [0.2, 0.25) is 5.91 Å². The van der Waals surface area contributed by atoms with Crippen LogP contribution in [0.25, 0.3) is 0 Å². The van der Waals surface area contributed by atoms with Gasteiger partial charge in [-0.2, -0.15) is 0 Å². The molecule has 1 heterocycles. The fraction of sp³-hybridized carbons (Fsp3) is 0.188. The Morgan fingerprint density at radius 3 is 2.63 bits per heavy atom. The summed E-state index contributed by atoms with van der Waals surface area (Å²) < 4.78 is 5.97. The molecule has 3 heteroatoms. The number of nitrogens with one attached hydrogen (secondary N) is 1. The van der Waals surface area contributed by atoms with Crippen LogP contribution in [-0.4, -0.2) is 5.91 Å². The molecule has 0 radical (unpaired) electrons. The van der Waals surface area contributed by atoms with E-state index in [-0.39, 0.29) is 11.9 Å². The third-order valence-corrected chi connectivity index (χ3v) is 3.34. The van der Waals surface area contributed by atoms with Crippen molar-refractivity contribution in [3.8, 4) is 11.5 Å². The first kappa shape index (κ1) is 11.8. The molecule has 0 bridgehead atoms. The summed E-state index contributed by atoms with van der Waals surface area (Å²) in [6.07, 6.45) is 0. The van der Waals surface area contributed by atoms with Crippen LogP contribution in [0.3, 0.4) is 0 Å². The lowest BCUT2D eigenvalue weighted by atomic mass is 9.93. The Morgan fingerprint density at radius 1 is 1.11 bits per heavy atom. The molecule has 1 aliphatic heterocycles. The van der Waals surface area contributed by atoms with E-state index in [0.717, 1.165) is 28.2 Å². The normalized spacial score (nSPS) is 16.0. The Hall–Kier alpha value is -2.29. The van der Waals surface area contributed by atoms with Crippen LogP contribution in [-0.2, 0) is 4.79 Å². The first-order valence-corrected chi connectivity index (χ1v) is 6.30. The highest BCUT2D eigenvalue weighted by Crippen LogP contribution is 2.43. The van der Waals surface area contributed by atoms with Crippen LogP contribution in [0.1, 0.15) is 29.7 Å². The van der Waals surface area contributed by atoms with Crippen LogP contribution in [0.5, 0.6) is 11.5 Å². The standard InChI is InChI=1S/C16H15NO2/c1-10-6-5-8-13-15(17-11(2)18)12-7-3-4-9-14(12)19-16(10)13/h3-9,15H,1-2H3,(H,17,18). The minimum absolute atomic E-state index is 0.0471. The van der Waals surface area contributed by atoms with Crippen molar-refractivity contribution < 1.29 is 9.53 Å². The Balaban J connectivity index is 2.18. The lowest BCUT2D eigenvalue weighted by Crippen LogP contribution is -2.29. The molecule has 1 N–H and O–H groups in total. The molecule has 19 heavy (non-hydrogen) atoms. The number of carbonyl (C=O) groups excluding carboxylic acids is 1. The second kappa shape index (κ2) is 4.43. The van der Waals surface area contributed by atoms with Gasteiger partial charge in [0.05, 0.1) is 6.04 Å². The summed E-state index contributed by atoms with van der Waals surface area (Å²) in [6.45, 7) is 3.55. The van der Waals surface area contributed by atoms with Crippen LogP contribution in [0, 0.1) is 6.92 Å². The lowest BCUT2D eigenvalue weighted by Gasteiger charge is -2.29. The molecule has 1 unspecified atom stereocenters. The van der Waals surface area contributed by atoms with Crippen LogP contribution in [0.4, 0.5) is 0 Å². The maximum atomic E-state index is 11.5. The first-order valence-electron chi connectivity index (χ1n) is 6.30. The molecule has 0 saturated heterocycles. The number of aryl methyl sites for hydroxylation is 1. The number of amides is 1. The molecule has 2 aromatic carbocycles. The summed E-state index contributed by atoms with van der Waals surface area (Å²) in [5.74, 6) is 1.61. The molecule has 0 fully saturated rings. The van der Waals surface area contributed by atoms with Crippen molar-refractivity contribution in [3.05, 3.63) is 59.2 Å². The fourth-order valence-electron chi connectivity index (χ4n) is 2.49. The molecule has 0 saturated carbocycles. The predicted octanol–water partition coefficient (Wildman–Crippen LogP) is 3.33. The van der Waals surface area contributed by atoms with E-state index in [1.807, 2.05) is 49.4 Å².